The van der Waals surface area contributed by atoms with Gasteiger partial charge in [-0.2, -0.15) is 0 Å². The van der Waals surface area contributed by atoms with Crippen LogP contribution in [0.15, 0.2) is 66.7 Å². The SMILES string of the molecule is COc1ccc(C(=O)NNC(=O)C=Cc2cccc3ccccc23)cc1I. The van der Waals surface area contributed by atoms with Crippen LogP contribution in [0.25, 0.3) is 16.8 Å². The van der Waals surface area contributed by atoms with Crippen molar-refractivity contribution in [3.63, 3.8) is 0 Å². The van der Waals surface area contributed by atoms with Gasteiger partial charge >= 0.3 is 0 Å². The molecule has 0 radical (unpaired) electrons. The summed E-state index contributed by atoms with van der Waals surface area (Å²) in [6, 6.07) is 18.9. The van der Waals surface area contributed by atoms with Crippen molar-refractivity contribution >= 4 is 51.3 Å². The molecule has 6 heteroatoms. The van der Waals surface area contributed by atoms with Gasteiger partial charge < -0.3 is 4.74 Å². The largest absolute Gasteiger partial charge is 0.496 e. The van der Waals surface area contributed by atoms with Crippen LogP contribution >= 0.6 is 22.6 Å². The topological polar surface area (TPSA) is 67.4 Å². The molecule has 0 unspecified atom stereocenters. The smallest absolute Gasteiger partial charge is 0.269 e. The number of benzene rings is 3. The number of carbonyl (C=O) groups excluding carboxylic acids is 2. The third-order valence-corrected chi connectivity index (χ3v) is 4.79. The molecule has 27 heavy (non-hydrogen) atoms. The van der Waals surface area contributed by atoms with Crippen LogP contribution in [0.3, 0.4) is 0 Å². The second kappa shape index (κ2) is 8.68. The summed E-state index contributed by atoms with van der Waals surface area (Å²) in [6.07, 6.45) is 3.11. The highest BCUT2D eigenvalue weighted by atomic mass is 127. The van der Waals surface area contributed by atoms with Crippen LogP contribution in [0.2, 0.25) is 0 Å². The predicted molar refractivity (Wildman–Crippen MR) is 114 cm³/mol. The molecule has 0 bridgehead atoms. The molecule has 0 spiro atoms. The Bertz CT molecular complexity index is 1030. The van der Waals surface area contributed by atoms with Gasteiger partial charge in [0.25, 0.3) is 11.8 Å². The summed E-state index contributed by atoms with van der Waals surface area (Å²) in [5, 5.41) is 2.16. The molecule has 0 saturated carbocycles. The van der Waals surface area contributed by atoms with Crippen molar-refractivity contribution in [3.8, 4) is 5.75 Å². The lowest BCUT2D eigenvalue weighted by atomic mass is 10.0. The highest BCUT2D eigenvalue weighted by Crippen LogP contribution is 2.21. The number of amides is 2. The van der Waals surface area contributed by atoms with E-state index in [0.29, 0.717) is 11.3 Å². The van der Waals surface area contributed by atoms with Crippen molar-refractivity contribution in [2.75, 3.05) is 7.11 Å². The minimum Gasteiger partial charge on any atom is -0.496 e. The van der Waals surface area contributed by atoms with E-state index in [9.17, 15) is 9.59 Å². The normalized spacial score (nSPS) is 10.7. The third-order valence-electron chi connectivity index (χ3n) is 3.95. The molecule has 3 rings (SSSR count). The Balaban J connectivity index is 1.63. The summed E-state index contributed by atoms with van der Waals surface area (Å²) >= 11 is 2.08. The van der Waals surface area contributed by atoms with Crippen LogP contribution in [-0.2, 0) is 4.79 Å². The molecule has 0 atom stereocenters. The molecule has 0 saturated heterocycles. The zero-order valence-corrected chi connectivity index (χ0v) is 16.7. The molecule has 2 amide bonds. The molecule has 0 aliphatic carbocycles. The summed E-state index contributed by atoms with van der Waals surface area (Å²) in [5.41, 5.74) is 6.15. The Morgan fingerprint density at radius 2 is 1.78 bits per heavy atom. The van der Waals surface area contributed by atoms with Gasteiger partial charge in [-0.15, -0.1) is 0 Å². The van der Waals surface area contributed by atoms with E-state index in [1.165, 1.54) is 6.08 Å². The molecule has 3 aromatic carbocycles. The van der Waals surface area contributed by atoms with Crippen molar-refractivity contribution in [2.45, 2.75) is 0 Å². The maximum Gasteiger partial charge on any atom is 0.269 e. The number of fused-ring (bicyclic) bond motifs is 1. The van der Waals surface area contributed by atoms with Crippen LogP contribution in [0.1, 0.15) is 15.9 Å². The average molecular weight is 472 g/mol. The number of rotatable bonds is 4. The molecule has 5 nitrogen and oxygen atoms in total. The van der Waals surface area contributed by atoms with Gasteiger partial charge in [0.15, 0.2) is 0 Å². The number of ether oxygens (including phenoxy) is 1. The van der Waals surface area contributed by atoms with E-state index in [0.717, 1.165) is 19.9 Å². The first kappa shape index (κ1) is 18.9. The Kier molecular flexibility index (Phi) is 6.08. The fourth-order valence-electron chi connectivity index (χ4n) is 2.60. The van der Waals surface area contributed by atoms with Gasteiger partial charge in [-0.25, -0.2) is 0 Å². The first-order valence-electron chi connectivity index (χ1n) is 8.18. The molecular weight excluding hydrogens is 455 g/mol. The van der Waals surface area contributed by atoms with Gasteiger partial charge in [-0.05, 0) is 63.2 Å². The van der Waals surface area contributed by atoms with Gasteiger partial charge in [-0.3, -0.25) is 20.4 Å². The molecule has 0 aliphatic rings. The first-order chi connectivity index (χ1) is 13.1. The number of nitrogens with one attached hydrogen (secondary N) is 2. The summed E-state index contributed by atoms with van der Waals surface area (Å²) in [6.45, 7) is 0. The van der Waals surface area contributed by atoms with Crippen LogP contribution in [-0.4, -0.2) is 18.9 Å². The number of hydrogen-bond donors (Lipinski definition) is 2. The first-order valence-corrected chi connectivity index (χ1v) is 9.26. The number of hydrazine groups is 1. The lowest BCUT2D eigenvalue weighted by molar-refractivity contribution is -0.117. The minimum atomic E-state index is -0.417. The highest BCUT2D eigenvalue weighted by Gasteiger charge is 2.09. The second-order valence-corrected chi connectivity index (χ2v) is 6.86. The molecule has 3 aromatic rings. The van der Waals surface area contributed by atoms with Crippen LogP contribution < -0.4 is 15.6 Å². The summed E-state index contributed by atoms with van der Waals surface area (Å²) in [5.74, 6) is -0.129. The predicted octanol–water partition coefficient (Wildman–Crippen LogP) is 3.93. The number of methoxy groups -OCH3 is 1. The van der Waals surface area contributed by atoms with Gasteiger partial charge in [0.2, 0.25) is 0 Å². The van der Waals surface area contributed by atoms with Crippen molar-refractivity contribution in [1.29, 1.82) is 0 Å². The van der Waals surface area contributed by atoms with Crippen molar-refractivity contribution in [2.24, 2.45) is 0 Å². The fourth-order valence-corrected chi connectivity index (χ4v) is 3.34. The van der Waals surface area contributed by atoms with Crippen molar-refractivity contribution in [3.05, 3.63) is 81.4 Å². The van der Waals surface area contributed by atoms with E-state index in [1.807, 2.05) is 42.5 Å². The molecule has 0 aromatic heterocycles. The quantitative estimate of drug-likeness (QED) is 0.344. The maximum atomic E-state index is 12.2. The van der Waals surface area contributed by atoms with Crippen molar-refractivity contribution in [1.82, 2.24) is 10.9 Å². The van der Waals surface area contributed by atoms with E-state index in [4.69, 9.17) is 4.74 Å². The zero-order chi connectivity index (χ0) is 19.2. The third kappa shape index (κ3) is 4.65. The fraction of sp³-hybridized carbons (Fsp3) is 0.0476. The van der Waals surface area contributed by atoms with Crippen LogP contribution in [0.4, 0.5) is 0 Å². The Hall–Kier alpha value is -2.87. The van der Waals surface area contributed by atoms with Crippen LogP contribution in [0, 0.1) is 3.57 Å². The summed E-state index contributed by atoms with van der Waals surface area (Å²) in [7, 11) is 1.57. The monoisotopic (exact) mass is 472 g/mol. The molecular formula is C21H17IN2O3. The van der Waals surface area contributed by atoms with Gasteiger partial charge in [-0.1, -0.05) is 42.5 Å². The van der Waals surface area contributed by atoms with Gasteiger partial charge in [0, 0.05) is 11.6 Å². The van der Waals surface area contributed by atoms with E-state index in [1.54, 1.807) is 31.4 Å². The summed E-state index contributed by atoms with van der Waals surface area (Å²) in [4.78, 5) is 24.2. The van der Waals surface area contributed by atoms with E-state index < -0.39 is 11.8 Å². The second-order valence-electron chi connectivity index (χ2n) is 5.69. The molecule has 0 fully saturated rings. The molecule has 136 valence electrons. The Morgan fingerprint density at radius 1 is 1.00 bits per heavy atom. The van der Waals surface area contributed by atoms with Crippen molar-refractivity contribution < 1.29 is 14.3 Å². The van der Waals surface area contributed by atoms with Gasteiger partial charge in [0.05, 0.1) is 10.7 Å². The van der Waals surface area contributed by atoms with E-state index >= 15 is 0 Å². The molecule has 2 N–H and O–H groups in total. The Labute approximate surface area is 170 Å². The highest BCUT2D eigenvalue weighted by molar-refractivity contribution is 14.1. The lowest BCUT2D eigenvalue weighted by Crippen LogP contribution is -2.40. The Morgan fingerprint density at radius 3 is 2.56 bits per heavy atom. The number of carbonyl (C=O) groups is 2. The average Bonchev–Trinajstić information content (AvgIpc) is 2.70. The lowest BCUT2D eigenvalue weighted by Gasteiger charge is -2.08. The minimum absolute atomic E-state index is 0.400. The van der Waals surface area contributed by atoms with Crippen LogP contribution in [0.5, 0.6) is 5.75 Å². The van der Waals surface area contributed by atoms with E-state index in [2.05, 4.69) is 33.4 Å². The molecule has 0 heterocycles. The zero-order valence-electron chi connectivity index (χ0n) is 14.5. The number of halogens is 1. The summed E-state index contributed by atoms with van der Waals surface area (Å²) < 4.78 is 5.97. The standard InChI is InChI=1S/C21H17IN2O3/c1-27-19-11-9-16(13-18(19)22)21(26)24-23-20(25)12-10-15-7-4-6-14-5-2-3-8-17(14)15/h2-13H,1H3,(H,23,25)(H,24,26). The number of hydrogen-bond acceptors (Lipinski definition) is 3. The maximum absolute atomic E-state index is 12.2. The van der Waals surface area contributed by atoms with Gasteiger partial charge in [0.1, 0.15) is 5.75 Å². The molecule has 0 aliphatic heterocycles. The van der Waals surface area contributed by atoms with E-state index in [-0.39, 0.29) is 0 Å².